The highest BCUT2D eigenvalue weighted by Gasteiger charge is 2.10. The molecule has 3 nitrogen and oxygen atoms in total. The van der Waals surface area contributed by atoms with Crippen molar-refractivity contribution in [2.75, 3.05) is 6.54 Å². The molecule has 0 fully saturated rings. The van der Waals surface area contributed by atoms with Crippen LogP contribution < -0.4 is 10.6 Å². The first-order valence-corrected chi connectivity index (χ1v) is 6.55. The summed E-state index contributed by atoms with van der Waals surface area (Å²) in [4.78, 5) is 11.7. The van der Waals surface area contributed by atoms with E-state index >= 15 is 0 Å². The van der Waals surface area contributed by atoms with E-state index < -0.39 is 0 Å². The maximum absolute atomic E-state index is 11.7. The van der Waals surface area contributed by atoms with Gasteiger partial charge < -0.3 is 10.6 Å². The molecule has 1 aromatic rings. The Labute approximate surface area is 110 Å². The molecule has 1 amide bonds. The molecule has 0 saturated carbocycles. The molecule has 0 aliphatic heterocycles. The zero-order chi connectivity index (χ0) is 13.5. The van der Waals surface area contributed by atoms with Crippen molar-refractivity contribution in [3.8, 4) is 0 Å². The summed E-state index contributed by atoms with van der Waals surface area (Å²) in [6.45, 7) is 9.42. The van der Waals surface area contributed by atoms with Crippen LogP contribution in [0.5, 0.6) is 0 Å². The molecular formula is C15H24N2O. The van der Waals surface area contributed by atoms with Crippen molar-refractivity contribution in [2.45, 2.75) is 40.3 Å². The minimum absolute atomic E-state index is 0.0600. The van der Waals surface area contributed by atoms with Crippen LogP contribution in [0, 0.1) is 12.8 Å². The molecule has 18 heavy (non-hydrogen) atoms. The van der Waals surface area contributed by atoms with Gasteiger partial charge in [0, 0.05) is 12.6 Å². The Morgan fingerprint density at radius 1 is 1.22 bits per heavy atom. The van der Waals surface area contributed by atoms with Crippen molar-refractivity contribution in [3.63, 3.8) is 0 Å². The van der Waals surface area contributed by atoms with Gasteiger partial charge in [-0.05, 0) is 30.9 Å². The molecular weight excluding hydrogens is 224 g/mol. The number of nitrogens with one attached hydrogen (secondary N) is 2. The van der Waals surface area contributed by atoms with Gasteiger partial charge in [0.15, 0.2) is 0 Å². The summed E-state index contributed by atoms with van der Waals surface area (Å²) in [6.07, 6.45) is 0. The number of rotatable bonds is 6. The molecule has 0 aliphatic rings. The van der Waals surface area contributed by atoms with E-state index in [1.54, 1.807) is 0 Å². The van der Waals surface area contributed by atoms with Crippen LogP contribution in [0.2, 0.25) is 0 Å². The Kier molecular flexibility index (Phi) is 5.86. The lowest BCUT2D eigenvalue weighted by atomic mass is 10.1. The summed E-state index contributed by atoms with van der Waals surface area (Å²) < 4.78 is 0. The van der Waals surface area contributed by atoms with Gasteiger partial charge in [0.25, 0.3) is 0 Å². The number of aryl methyl sites for hydroxylation is 1. The van der Waals surface area contributed by atoms with Crippen LogP contribution >= 0.6 is 0 Å². The molecule has 1 unspecified atom stereocenters. The third kappa shape index (κ3) is 4.88. The monoisotopic (exact) mass is 248 g/mol. The van der Waals surface area contributed by atoms with Gasteiger partial charge >= 0.3 is 0 Å². The summed E-state index contributed by atoms with van der Waals surface area (Å²) in [7, 11) is 0. The van der Waals surface area contributed by atoms with Gasteiger partial charge in [0.2, 0.25) is 5.91 Å². The van der Waals surface area contributed by atoms with Crippen molar-refractivity contribution in [1.82, 2.24) is 10.6 Å². The number of carbonyl (C=O) groups excluding carboxylic acids is 1. The molecule has 0 spiro atoms. The zero-order valence-corrected chi connectivity index (χ0v) is 11.8. The van der Waals surface area contributed by atoms with E-state index in [2.05, 4.69) is 43.5 Å². The summed E-state index contributed by atoms with van der Waals surface area (Å²) >= 11 is 0. The Morgan fingerprint density at radius 3 is 2.50 bits per heavy atom. The Bertz CT molecular complexity index is 388. The average Bonchev–Trinajstić information content (AvgIpc) is 2.31. The number of hydrogen-bond donors (Lipinski definition) is 2. The van der Waals surface area contributed by atoms with Crippen LogP contribution in [-0.4, -0.2) is 18.5 Å². The van der Waals surface area contributed by atoms with E-state index in [9.17, 15) is 4.79 Å². The van der Waals surface area contributed by atoms with E-state index in [0.29, 0.717) is 12.5 Å². The summed E-state index contributed by atoms with van der Waals surface area (Å²) in [5, 5.41) is 6.15. The Hall–Kier alpha value is -1.35. The van der Waals surface area contributed by atoms with Gasteiger partial charge in [-0.3, -0.25) is 4.79 Å². The quantitative estimate of drug-likeness (QED) is 0.810. The molecule has 1 aromatic carbocycles. The highest BCUT2D eigenvalue weighted by molar-refractivity contribution is 5.78. The van der Waals surface area contributed by atoms with Crippen molar-refractivity contribution in [1.29, 1.82) is 0 Å². The van der Waals surface area contributed by atoms with Crippen molar-refractivity contribution >= 4 is 5.91 Å². The van der Waals surface area contributed by atoms with E-state index in [-0.39, 0.29) is 11.9 Å². The molecule has 3 heteroatoms. The second-order valence-electron chi connectivity index (χ2n) is 5.13. The van der Waals surface area contributed by atoms with Gasteiger partial charge in [-0.1, -0.05) is 38.1 Å². The van der Waals surface area contributed by atoms with Gasteiger partial charge in [-0.2, -0.15) is 0 Å². The molecule has 0 saturated heterocycles. The minimum atomic E-state index is 0.0600. The molecule has 0 aliphatic carbocycles. The zero-order valence-electron chi connectivity index (χ0n) is 11.8. The molecule has 100 valence electrons. The van der Waals surface area contributed by atoms with E-state index in [1.807, 2.05) is 19.1 Å². The predicted molar refractivity (Wildman–Crippen MR) is 75.3 cm³/mol. The first-order valence-electron chi connectivity index (χ1n) is 6.55. The Balaban J connectivity index is 2.30. The Morgan fingerprint density at radius 2 is 1.89 bits per heavy atom. The molecule has 0 aromatic heterocycles. The lowest BCUT2D eigenvalue weighted by Gasteiger charge is -2.17. The van der Waals surface area contributed by atoms with Crippen LogP contribution in [0.4, 0.5) is 0 Å². The van der Waals surface area contributed by atoms with Crippen LogP contribution in [-0.2, 0) is 11.3 Å². The molecule has 2 N–H and O–H groups in total. The summed E-state index contributed by atoms with van der Waals surface area (Å²) in [5.74, 6) is 0.523. The number of carbonyl (C=O) groups is 1. The smallest absolute Gasteiger partial charge is 0.234 e. The highest BCUT2D eigenvalue weighted by Crippen LogP contribution is 2.05. The number of benzene rings is 1. The van der Waals surface area contributed by atoms with Crippen molar-refractivity contribution in [3.05, 3.63) is 35.4 Å². The predicted octanol–water partition coefficient (Wildman–Crippen LogP) is 2.25. The maximum Gasteiger partial charge on any atom is 0.234 e. The van der Waals surface area contributed by atoms with Crippen LogP contribution in [0.25, 0.3) is 0 Å². The van der Waals surface area contributed by atoms with Gasteiger partial charge in [-0.25, -0.2) is 0 Å². The first kappa shape index (κ1) is 14.7. The van der Waals surface area contributed by atoms with E-state index in [4.69, 9.17) is 0 Å². The number of hydrogen-bond acceptors (Lipinski definition) is 2. The van der Waals surface area contributed by atoms with E-state index in [0.717, 1.165) is 6.54 Å². The fraction of sp³-hybridized carbons (Fsp3) is 0.533. The lowest BCUT2D eigenvalue weighted by Crippen LogP contribution is -2.41. The second-order valence-corrected chi connectivity index (χ2v) is 5.13. The molecule has 0 heterocycles. The number of amides is 1. The topological polar surface area (TPSA) is 41.1 Å². The molecule has 1 rings (SSSR count). The van der Waals surface area contributed by atoms with Crippen molar-refractivity contribution < 1.29 is 4.79 Å². The minimum Gasteiger partial charge on any atom is -0.352 e. The molecule has 1 atom stereocenters. The third-order valence-electron chi connectivity index (χ3n) is 3.25. The fourth-order valence-corrected chi connectivity index (χ4v) is 1.59. The van der Waals surface area contributed by atoms with E-state index in [1.165, 1.54) is 11.1 Å². The summed E-state index contributed by atoms with van der Waals surface area (Å²) in [6, 6.07) is 8.42. The standard InChI is InChI=1S/C15H24N2O/c1-11(2)13(4)17-15(18)10-16-9-14-8-6-5-7-12(14)3/h5-8,11,13,16H,9-10H2,1-4H3,(H,17,18). The first-order chi connectivity index (χ1) is 8.50. The van der Waals surface area contributed by atoms with Crippen LogP contribution in [0.15, 0.2) is 24.3 Å². The highest BCUT2D eigenvalue weighted by atomic mass is 16.1. The average molecular weight is 248 g/mol. The fourth-order valence-electron chi connectivity index (χ4n) is 1.59. The molecule has 0 radical (unpaired) electrons. The van der Waals surface area contributed by atoms with Crippen LogP contribution in [0.1, 0.15) is 31.9 Å². The third-order valence-corrected chi connectivity index (χ3v) is 3.25. The van der Waals surface area contributed by atoms with Crippen molar-refractivity contribution in [2.24, 2.45) is 5.92 Å². The summed E-state index contributed by atoms with van der Waals surface area (Å²) in [5.41, 5.74) is 2.49. The van der Waals surface area contributed by atoms with Gasteiger partial charge in [0.05, 0.1) is 6.54 Å². The van der Waals surface area contributed by atoms with Crippen LogP contribution in [0.3, 0.4) is 0 Å². The van der Waals surface area contributed by atoms with Gasteiger partial charge in [-0.15, -0.1) is 0 Å². The molecule has 0 bridgehead atoms. The largest absolute Gasteiger partial charge is 0.352 e. The maximum atomic E-state index is 11.7. The van der Waals surface area contributed by atoms with Gasteiger partial charge in [0.1, 0.15) is 0 Å². The second kappa shape index (κ2) is 7.17. The SMILES string of the molecule is Cc1ccccc1CNCC(=O)NC(C)C(C)C. The lowest BCUT2D eigenvalue weighted by molar-refractivity contribution is -0.121. The normalized spacial score (nSPS) is 12.5.